The minimum absolute atomic E-state index is 0.455. The molecule has 0 spiro atoms. The third-order valence-electron chi connectivity index (χ3n) is 2.68. The van der Waals surface area contributed by atoms with E-state index in [4.69, 9.17) is 4.74 Å². The fraction of sp³-hybridized carbons (Fsp3) is 1.00. The average molecular weight is 199 g/mol. The second kappa shape index (κ2) is 7.24. The number of rotatable bonds is 9. The molecule has 1 fully saturated rings. The van der Waals surface area contributed by atoms with Crippen molar-refractivity contribution in [2.45, 2.75) is 64.5 Å². The Morgan fingerprint density at radius 2 is 2.14 bits per heavy atom. The average Bonchev–Trinajstić information content (AvgIpc) is 2.95. The summed E-state index contributed by atoms with van der Waals surface area (Å²) in [5.41, 5.74) is 0. The molecule has 0 radical (unpaired) electrons. The third kappa shape index (κ3) is 6.39. The molecule has 1 atom stereocenters. The highest BCUT2D eigenvalue weighted by molar-refractivity contribution is 4.80. The van der Waals surface area contributed by atoms with E-state index in [0.29, 0.717) is 6.10 Å². The highest BCUT2D eigenvalue weighted by atomic mass is 16.5. The van der Waals surface area contributed by atoms with Crippen LogP contribution < -0.4 is 5.32 Å². The molecule has 0 aromatic rings. The summed E-state index contributed by atoms with van der Waals surface area (Å²) < 4.78 is 5.68. The smallest absolute Gasteiger partial charge is 0.0546 e. The van der Waals surface area contributed by atoms with Gasteiger partial charge in [-0.15, -0.1) is 0 Å². The van der Waals surface area contributed by atoms with E-state index in [1.807, 2.05) is 0 Å². The molecular formula is C12H25NO. The van der Waals surface area contributed by atoms with Crippen molar-refractivity contribution in [2.75, 3.05) is 13.2 Å². The van der Waals surface area contributed by atoms with Gasteiger partial charge in [0.25, 0.3) is 0 Å². The molecule has 14 heavy (non-hydrogen) atoms. The molecule has 1 aliphatic carbocycles. The molecule has 0 amide bonds. The van der Waals surface area contributed by atoms with Gasteiger partial charge in [-0.05, 0) is 45.6 Å². The summed E-state index contributed by atoms with van der Waals surface area (Å²) in [7, 11) is 0. The van der Waals surface area contributed by atoms with Gasteiger partial charge in [-0.1, -0.05) is 13.3 Å². The SMILES string of the molecule is CCCC(C)OCCCCNC1CC1. The minimum atomic E-state index is 0.455. The molecule has 1 N–H and O–H groups in total. The standard InChI is InChI=1S/C12H25NO/c1-3-6-11(2)14-10-5-4-9-13-12-7-8-12/h11-13H,3-10H2,1-2H3. The molecule has 0 aromatic carbocycles. The van der Waals surface area contributed by atoms with Gasteiger partial charge in [0.2, 0.25) is 0 Å². The molecular weight excluding hydrogens is 174 g/mol. The topological polar surface area (TPSA) is 21.3 Å². The van der Waals surface area contributed by atoms with Crippen LogP contribution in [0.5, 0.6) is 0 Å². The summed E-state index contributed by atoms with van der Waals surface area (Å²) in [6.45, 7) is 6.50. The quantitative estimate of drug-likeness (QED) is 0.576. The lowest BCUT2D eigenvalue weighted by atomic mass is 10.2. The van der Waals surface area contributed by atoms with Crippen LogP contribution in [0.1, 0.15) is 52.4 Å². The molecule has 0 aliphatic heterocycles. The first kappa shape index (κ1) is 12.0. The second-order valence-electron chi connectivity index (χ2n) is 4.41. The van der Waals surface area contributed by atoms with Crippen LogP contribution in [0.4, 0.5) is 0 Å². The summed E-state index contributed by atoms with van der Waals surface area (Å²) >= 11 is 0. The summed E-state index contributed by atoms with van der Waals surface area (Å²) in [6.07, 6.45) is 8.12. The largest absolute Gasteiger partial charge is 0.379 e. The van der Waals surface area contributed by atoms with E-state index in [-0.39, 0.29) is 0 Å². The lowest BCUT2D eigenvalue weighted by molar-refractivity contribution is 0.0573. The Morgan fingerprint density at radius 1 is 1.36 bits per heavy atom. The number of hydrogen-bond acceptors (Lipinski definition) is 2. The minimum Gasteiger partial charge on any atom is -0.379 e. The fourth-order valence-electron chi connectivity index (χ4n) is 1.60. The molecule has 0 bridgehead atoms. The zero-order chi connectivity index (χ0) is 10.2. The monoisotopic (exact) mass is 199 g/mol. The summed E-state index contributed by atoms with van der Waals surface area (Å²) in [5, 5.41) is 3.51. The summed E-state index contributed by atoms with van der Waals surface area (Å²) in [5.74, 6) is 0. The first-order valence-corrected chi connectivity index (χ1v) is 6.18. The van der Waals surface area contributed by atoms with Crippen molar-refractivity contribution in [3.63, 3.8) is 0 Å². The van der Waals surface area contributed by atoms with Gasteiger partial charge < -0.3 is 10.1 Å². The third-order valence-corrected chi connectivity index (χ3v) is 2.68. The number of unbranched alkanes of at least 4 members (excludes halogenated alkanes) is 1. The molecule has 0 heterocycles. The zero-order valence-electron chi connectivity index (χ0n) is 9.72. The van der Waals surface area contributed by atoms with Gasteiger partial charge in [-0.2, -0.15) is 0 Å². The first-order valence-electron chi connectivity index (χ1n) is 6.18. The Bertz CT molecular complexity index is 134. The van der Waals surface area contributed by atoms with Crippen LogP contribution in [-0.4, -0.2) is 25.3 Å². The Kier molecular flexibility index (Phi) is 6.20. The number of hydrogen-bond donors (Lipinski definition) is 1. The molecule has 1 unspecified atom stereocenters. The van der Waals surface area contributed by atoms with E-state index in [0.717, 1.165) is 12.6 Å². The van der Waals surface area contributed by atoms with E-state index >= 15 is 0 Å². The van der Waals surface area contributed by atoms with Crippen molar-refractivity contribution in [1.29, 1.82) is 0 Å². The number of nitrogens with one attached hydrogen (secondary N) is 1. The van der Waals surface area contributed by atoms with Crippen LogP contribution >= 0.6 is 0 Å². The van der Waals surface area contributed by atoms with Gasteiger partial charge in [0, 0.05) is 12.6 Å². The van der Waals surface area contributed by atoms with E-state index in [2.05, 4.69) is 19.2 Å². The maximum Gasteiger partial charge on any atom is 0.0546 e. The van der Waals surface area contributed by atoms with Crippen molar-refractivity contribution < 1.29 is 4.74 Å². The van der Waals surface area contributed by atoms with Crippen LogP contribution in [-0.2, 0) is 4.74 Å². The molecule has 2 nitrogen and oxygen atoms in total. The first-order chi connectivity index (χ1) is 6.83. The molecule has 2 heteroatoms. The normalized spacial score (nSPS) is 18.4. The van der Waals surface area contributed by atoms with Crippen LogP contribution in [0, 0.1) is 0 Å². The number of ether oxygens (including phenoxy) is 1. The zero-order valence-corrected chi connectivity index (χ0v) is 9.72. The maximum absolute atomic E-state index is 5.68. The van der Waals surface area contributed by atoms with E-state index in [1.54, 1.807) is 0 Å². The highest BCUT2D eigenvalue weighted by Gasteiger charge is 2.19. The van der Waals surface area contributed by atoms with Gasteiger partial charge in [0.1, 0.15) is 0 Å². The predicted octanol–water partition coefficient (Wildman–Crippen LogP) is 2.72. The maximum atomic E-state index is 5.68. The van der Waals surface area contributed by atoms with Crippen LogP contribution in [0.15, 0.2) is 0 Å². The van der Waals surface area contributed by atoms with Gasteiger partial charge in [0.15, 0.2) is 0 Å². The van der Waals surface area contributed by atoms with Crippen molar-refractivity contribution in [3.8, 4) is 0 Å². The van der Waals surface area contributed by atoms with Crippen LogP contribution in [0.2, 0.25) is 0 Å². The molecule has 0 aromatic heterocycles. The molecule has 0 saturated heterocycles. The molecule has 1 rings (SSSR count). The fourth-order valence-corrected chi connectivity index (χ4v) is 1.60. The Morgan fingerprint density at radius 3 is 2.79 bits per heavy atom. The van der Waals surface area contributed by atoms with Crippen molar-refractivity contribution in [3.05, 3.63) is 0 Å². The highest BCUT2D eigenvalue weighted by Crippen LogP contribution is 2.18. The van der Waals surface area contributed by atoms with E-state index in [9.17, 15) is 0 Å². The van der Waals surface area contributed by atoms with E-state index in [1.165, 1.54) is 45.1 Å². The van der Waals surface area contributed by atoms with Gasteiger partial charge >= 0.3 is 0 Å². The molecule has 1 aliphatic rings. The van der Waals surface area contributed by atoms with Crippen molar-refractivity contribution >= 4 is 0 Å². The van der Waals surface area contributed by atoms with Crippen molar-refractivity contribution in [1.82, 2.24) is 5.32 Å². The summed E-state index contributed by atoms with van der Waals surface area (Å²) in [4.78, 5) is 0. The predicted molar refractivity (Wildman–Crippen MR) is 60.6 cm³/mol. The lowest BCUT2D eigenvalue weighted by Crippen LogP contribution is -2.18. The molecule has 84 valence electrons. The van der Waals surface area contributed by atoms with Gasteiger partial charge in [-0.25, -0.2) is 0 Å². The molecule has 1 saturated carbocycles. The second-order valence-corrected chi connectivity index (χ2v) is 4.41. The van der Waals surface area contributed by atoms with Gasteiger partial charge in [-0.3, -0.25) is 0 Å². The van der Waals surface area contributed by atoms with Crippen LogP contribution in [0.3, 0.4) is 0 Å². The summed E-state index contributed by atoms with van der Waals surface area (Å²) in [6, 6.07) is 0.856. The Labute approximate surface area is 88.4 Å². The Hall–Kier alpha value is -0.0800. The van der Waals surface area contributed by atoms with Crippen LogP contribution in [0.25, 0.3) is 0 Å². The lowest BCUT2D eigenvalue weighted by Gasteiger charge is -2.11. The van der Waals surface area contributed by atoms with Crippen molar-refractivity contribution in [2.24, 2.45) is 0 Å². The van der Waals surface area contributed by atoms with Gasteiger partial charge in [0.05, 0.1) is 6.10 Å². The van der Waals surface area contributed by atoms with E-state index < -0.39 is 0 Å². The Balaban J connectivity index is 1.74.